The highest BCUT2D eigenvalue weighted by Crippen LogP contribution is 2.11. The first kappa shape index (κ1) is 14.7. The lowest BCUT2D eigenvalue weighted by atomic mass is 10.3. The molecule has 0 saturated heterocycles. The average Bonchev–Trinajstić information content (AvgIpc) is 2.21. The molecule has 76 valence electrons. The molecule has 1 nitrogen and oxygen atoms in total. The normalized spacial score (nSPS) is 8.79. The maximum absolute atomic E-state index is 3.58. The molecule has 1 aromatic carbocycles. The molecule has 0 radical (unpaired) electrons. The van der Waals surface area contributed by atoms with Gasteiger partial charge in [-0.1, -0.05) is 12.1 Å². The number of hydrogen-bond acceptors (Lipinski definition) is 1. The molecule has 0 fully saturated rings. The Hall–Kier alpha value is 0.746. The van der Waals surface area contributed by atoms with E-state index in [2.05, 4.69) is 55.9 Å². The highest BCUT2D eigenvalue weighted by molar-refractivity contribution is 9.23. The Morgan fingerprint density at radius 3 is 2.00 bits per heavy atom. The monoisotopic (exact) mass is 331 g/mol. The Kier molecular flexibility index (Phi) is 8.39. The second-order valence-corrected chi connectivity index (χ2v) is 5.74. The number of anilines is 1. The second-order valence-electron chi connectivity index (χ2n) is 2.97. The van der Waals surface area contributed by atoms with Gasteiger partial charge in [0, 0.05) is 18.8 Å². The van der Waals surface area contributed by atoms with Crippen molar-refractivity contribution in [3.63, 3.8) is 0 Å². The fourth-order valence-corrected chi connectivity index (χ4v) is 2.92. The first-order valence-corrected chi connectivity index (χ1v) is 9.32. The van der Waals surface area contributed by atoms with Crippen molar-refractivity contribution in [3.05, 3.63) is 24.3 Å². The van der Waals surface area contributed by atoms with E-state index in [1.807, 2.05) is 0 Å². The van der Waals surface area contributed by atoms with Gasteiger partial charge in [-0.3, -0.25) is 12.9 Å². The maximum Gasteiger partial charge on any atom is 0.506 e. The van der Waals surface area contributed by atoms with Crippen LogP contribution in [-0.4, -0.2) is 31.3 Å². The minimum absolute atomic E-state index is 0. The van der Waals surface area contributed by atoms with Crippen molar-refractivity contribution >= 4 is 57.4 Å². The van der Waals surface area contributed by atoms with Crippen molar-refractivity contribution in [2.24, 2.45) is 0 Å². The molecule has 0 saturated carbocycles. The molecule has 4 heteroatoms. The van der Waals surface area contributed by atoms with Crippen LogP contribution in [-0.2, 0) is 0 Å². The summed E-state index contributed by atoms with van der Waals surface area (Å²) in [6, 6.07) is 8.90. The summed E-state index contributed by atoms with van der Waals surface area (Å²) in [7, 11) is 0. The lowest BCUT2D eigenvalue weighted by Crippen LogP contribution is -2.22. The van der Waals surface area contributed by atoms with E-state index in [1.165, 1.54) is 9.38 Å². The molecule has 0 aliphatic rings. The fraction of sp³-hybridized carbons (Fsp3) is 0.400. The van der Waals surface area contributed by atoms with Crippen LogP contribution in [0.1, 0.15) is 13.8 Å². The summed E-state index contributed by atoms with van der Waals surface area (Å²) < 4.78 is 1.47. The first-order valence-electron chi connectivity index (χ1n) is 4.71. The average molecular weight is 333 g/mol. The Bertz CT molecular complexity index is 247. The minimum atomic E-state index is -0.168. The molecule has 0 aliphatic carbocycles. The van der Waals surface area contributed by atoms with Gasteiger partial charge in [0.15, 0.2) is 0 Å². The van der Waals surface area contributed by atoms with Crippen molar-refractivity contribution in [1.82, 2.24) is 0 Å². The van der Waals surface area contributed by atoms with Crippen LogP contribution in [0.3, 0.4) is 0 Å². The van der Waals surface area contributed by atoms with Gasteiger partial charge in [0.25, 0.3) is 0 Å². The van der Waals surface area contributed by atoms with Gasteiger partial charge in [-0.15, -0.1) is 17.0 Å². The number of benzene rings is 1. The molecule has 0 bridgehead atoms. The Balaban J connectivity index is 0.00000169. The van der Waals surface area contributed by atoms with E-state index in [-0.39, 0.29) is 35.2 Å². The number of rotatable bonds is 4. The summed E-state index contributed by atoms with van der Waals surface area (Å²) in [5, 5.41) is 0. The number of hydrogen-bond donors (Lipinski definition) is 0. The zero-order valence-corrected chi connectivity index (χ0v) is 13.4. The third-order valence-corrected chi connectivity index (χ3v) is 4.94. The van der Waals surface area contributed by atoms with E-state index < -0.39 is 0 Å². The quantitative estimate of drug-likeness (QED) is 0.766. The van der Waals surface area contributed by atoms with Gasteiger partial charge in [-0.25, -0.2) is 0 Å². The molecule has 0 aromatic heterocycles. The summed E-state index contributed by atoms with van der Waals surface area (Å²) in [5.74, 6) is 0. The lowest BCUT2D eigenvalue weighted by molar-refractivity contribution is 0.866. The van der Waals surface area contributed by atoms with Crippen LogP contribution >= 0.6 is 29.9 Å². The van der Waals surface area contributed by atoms with Crippen LogP contribution in [0.2, 0.25) is 0 Å². The predicted molar refractivity (Wildman–Crippen MR) is 74.6 cm³/mol. The predicted octanol–water partition coefficient (Wildman–Crippen LogP) is 2.75. The van der Waals surface area contributed by atoms with Gasteiger partial charge in [-0.2, -0.15) is 3.69 Å². The van der Waals surface area contributed by atoms with E-state index >= 15 is 0 Å². The second kappa shape index (κ2) is 7.96. The molecular weight excluding hydrogens is 318 g/mol. The fourth-order valence-electron chi connectivity index (χ4n) is 1.38. The molecule has 0 amide bonds. The largest absolute Gasteiger partial charge is 0.506 e. The van der Waals surface area contributed by atoms with E-state index in [0.717, 1.165) is 13.1 Å². The van der Waals surface area contributed by atoms with Crippen LogP contribution in [0, 0.1) is 0 Å². The molecule has 0 atom stereocenters. The van der Waals surface area contributed by atoms with Gasteiger partial charge in [-0.05, 0) is 26.0 Å². The van der Waals surface area contributed by atoms with Gasteiger partial charge in [0.1, 0.15) is 0 Å². The van der Waals surface area contributed by atoms with E-state index in [1.54, 1.807) is 0 Å². The Labute approximate surface area is 113 Å². The summed E-state index contributed by atoms with van der Waals surface area (Å²) in [6.07, 6.45) is 0. The van der Waals surface area contributed by atoms with Crippen molar-refractivity contribution in [2.75, 3.05) is 18.0 Å². The Morgan fingerprint density at radius 1 is 1.14 bits per heavy atom. The van der Waals surface area contributed by atoms with Gasteiger partial charge >= 0.3 is 18.2 Å². The summed E-state index contributed by atoms with van der Waals surface area (Å²) in [5.41, 5.74) is 1.34. The third kappa shape index (κ3) is 4.09. The topological polar surface area (TPSA) is 3.24 Å². The van der Waals surface area contributed by atoms with Crippen LogP contribution in [0.4, 0.5) is 5.69 Å². The van der Waals surface area contributed by atoms with E-state index in [4.69, 9.17) is 0 Å². The molecule has 0 spiro atoms. The molecule has 1 aromatic rings. The molecule has 1 rings (SSSR count). The van der Waals surface area contributed by atoms with Crippen molar-refractivity contribution in [3.8, 4) is 0 Å². The lowest BCUT2D eigenvalue weighted by Gasteiger charge is -2.21. The van der Waals surface area contributed by atoms with Gasteiger partial charge in [0.05, 0.1) is 0 Å². The highest BCUT2D eigenvalue weighted by Gasteiger charge is 2.00. The molecular formula is C10H15Br2MgN. The Morgan fingerprint density at radius 2 is 1.64 bits per heavy atom. The summed E-state index contributed by atoms with van der Waals surface area (Å²) in [6.45, 7) is 6.55. The highest BCUT2D eigenvalue weighted by atomic mass is 79.9. The summed E-state index contributed by atoms with van der Waals surface area (Å²) in [4.78, 5) is 2.36. The summed E-state index contributed by atoms with van der Waals surface area (Å²) >= 11 is 3.41. The SMILES string of the molecule is Br.CCN(CC)c1cc[c]([Mg][Br])cc1. The molecule has 0 unspecified atom stereocenters. The van der Waals surface area contributed by atoms with E-state index in [9.17, 15) is 0 Å². The number of nitrogens with zero attached hydrogens (tertiary/aromatic N) is 1. The van der Waals surface area contributed by atoms with Crippen LogP contribution in [0.15, 0.2) is 24.3 Å². The van der Waals surface area contributed by atoms with Crippen LogP contribution < -0.4 is 8.59 Å². The van der Waals surface area contributed by atoms with Gasteiger partial charge in [0.2, 0.25) is 0 Å². The van der Waals surface area contributed by atoms with Crippen molar-refractivity contribution < 1.29 is 0 Å². The minimum Gasteiger partial charge on any atom is -0.372 e. The zero-order chi connectivity index (χ0) is 9.68. The molecule has 14 heavy (non-hydrogen) atoms. The molecule has 0 N–H and O–H groups in total. The smallest absolute Gasteiger partial charge is 0.372 e. The van der Waals surface area contributed by atoms with E-state index in [0.29, 0.717) is 0 Å². The third-order valence-electron chi connectivity index (χ3n) is 2.22. The first-order chi connectivity index (χ1) is 6.31. The maximum atomic E-state index is 3.58. The van der Waals surface area contributed by atoms with Crippen molar-refractivity contribution in [1.29, 1.82) is 0 Å². The van der Waals surface area contributed by atoms with Crippen LogP contribution in [0.25, 0.3) is 0 Å². The van der Waals surface area contributed by atoms with Crippen LogP contribution in [0.5, 0.6) is 0 Å². The van der Waals surface area contributed by atoms with Gasteiger partial charge < -0.3 is 4.90 Å². The molecule has 0 heterocycles. The molecule has 0 aliphatic heterocycles. The van der Waals surface area contributed by atoms with Crippen molar-refractivity contribution in [2.45, 2.75) is 13.8 Å². The standard InChI is InChI=1S/C10H14N.2BrH.Mg/c1-3-11(4-2)10-8-6-5-7-9-10;;;/h6-9H,3-4H2,1-2H3;2*1H;/q;;;+1/p-1. The zero-order valence-electron chi connectivity index (χ0n) is 8.66. The number of halogens is 2.